The van der Waals surface area contributed by atoms with Crippen molar-refractivity contribution in [1.29, 1.82) is 0 Å². The van der Waals surface area contributed by atoms with Crippen LogP contribution >= 0.6 is 15.9 Å². The van der Waals surface area contributed by atoms with Crippen LogP contribution in [0.5, 0.6) is 0 Å². The van der Waals surface area contributed by atoms with Crippen molar-refractivity contribution in [3.63, 3.8) is 0 Å². The number of aryl methyl sites for hydroxylation is 1. The van der Waals surface area contributed by atoms with E-state index in [0.717, 1.165) is 35.1 Å². The molecule has 0 fully saturated rings. The van der Waals surface area contributed by atoms with Crippen molar-refractivity contribution >= 4 is 15.9 Å². The lowest BCUT2D eigenvalue weighted by atomic mass is 9.99. The lowest BCUT2D eigenvalue weighted by molar-refractivity contribution is 0.520. The highest BCUT2D eigenvalue weighted by atomic mass is 79.9. The normalized spacial score (nSPS) is 12.4. The summed E-state index contributed by atoms with van der Waals surface area (Å²) in [6.45, 7) is 5.12. The van der Waals surface area contributed by atoms with Crippen molar-refractivity contribution in [2.24, 2.45) is 0 Å². The summed E-state index contributed by atoms with van der Waals surface area (Å²) < 4.78 is 14.1. The van der Waals surface area contributed by atoms with Crippen molar-refractivity contribution in [3.05, 3.63) is 63.6 Å². The van der Waals surface area contributed by atoms with E-state index in [1.807, 2.05) is 18.3 Å². The molecule has 0 saturated carbocycles. The number of halogens is 2. The summed E-state index contributed by atoms with van der Waals surface area (Å²) in [6, 6.07) is 8.99. The highest BCUT2D eigenvalue weighted by Gasteiger charge is 2.16. The molecule has 1 N–H and O–H groups in total. The van der Waals surface area contributed by atoms with Crippen LogP contribution in [0.1, 0.15) is 36.2 Å². The third-order valence-electron chi connectivity index (χ3n) is 3.49. The second kappa shape index (κ2) is 7.66. The summed E-state index contributed by atoms with van der Waals surface area (Å²) in [5.41, 5.74) is 3.32. The van der Waals surface area contributed by atoms with Crippen molar-refractivity contribution in [2.45, 2.75) is 32.7 Å². The van der Waals surface area contributed by atoms with Gasteiger partial charge in [0.15, 0.2) is 0 Å². The average molecular weight is 351 g/mol. The van der Waals surface area contributed by atoms with Crippen LogP contribution in [0.15, 0.2) is 41.0 Å². The van der Waals surface area contributed by atoms with E-state index in [1.54, 1.807) is 0 Å². The molecule has 1 atom stereocenters. The maximum atomic E-state index is 13.3. The summed E-state index contributed by atoms with van der Waals surface area (Å²) in [6.07, 6.45) is 3.66. The molecule has 0 saturated heterocycles. The van der Waals surface area contributed by atoms with Crippen molar-refractivity contribution in [3.8, 4) is 0 Å². The van der Waals surface area contributed by atoms with Gasteiger partial charge in [0.1, 0.15) is 5.82 Å². The topological polar surface area (TPSA) is 24.9 Å². The molecule has 0 spiro atoms. The van der Waals surface area contributed by atoms with Gasteiger partial charge in [0.2, 0.25) is 0 Å². The fourth-order valence-corrected chi connectivity index (χ4v) is 2.95. The van der Waals surface area contributed by atoms with Gasteiger partial charge in [-0.05, 0) is 49.2 Å². The molecule has 0 amide bonds. The first kappa shape index (κ1) is 16.1. The lowest BCUT2D eigenvalue weighted by Crippen LogP contribution is -2.25. The smallest absolute Gasteiger partial charge is 0.124 e. The van der Waals surface area contributed by atoms with Gasteiger partial charge in [-0.15, -0.1) is 0 Å². The molecular formula is C17H20BrFN2. The molecule has 112 valence electrons. The number of hydrogen-bond donors (Lipinski definition) is 1. The van der Waals surface area contributed by atoms with E-state index in [1.165, 1.54) is 17.7 Å². The quantitative estimate of drug-likeness (QED) is 0.824. The van der Waals surface area contributed by atoms with E-state index >= 15 is 0 Å². The number of rotatable bonds is 6. The molecule has 0 radical (unpaired) electrons. The van der Waals surface area contributed by atoms with Crippen LogP contribution in [0.25, 0.3) is 0 Å². The van der Waals surface area contributed by atoms with Crippen LogP contribution in [-0.4, -0.2) is 11.5 Å². The van der Waals surface area contributed by atoms with Crippen LogP contribution in [0, 0.1) is 12.7 Å². The molecule has 0 bridgehead atoms. The third-order valence-corrected chi connectivity index (χ3v) is 4.18. The summed E-state index contributed by atoms with van der Waals surface area (Å²) >= 11 is 3.47. The van der Waals surface area contributed by atoms with Crippen molar-refractivity contribution in [2.75, 3.05) is 6.54 Å². The van der Waals surface area contributed by atoms with E-state index in [-0.39, 0.29) is 11.9 Å². The standard InChI is InChI=1S/C17H20BrFN2/c1-3-8-20-17(11-16-12(2)5-4-9-21-16)14-7-6-13(19)10-15(14)18/h4-7,9-10,17,20H,3,8,11H2,1-2H3. The summed E-state index contributed by atoms with van der Waals surface area (Å²) in [7, 11) is 0. The summed E-state index contributed by atoms with van der Waals surface area (Å²) in [5, 5.41) is 3.53. The van der Waals surface area contributed by atoms with Gasteiger partial charge >= 0.3 is 0 Å². The summed E-state index contributed by atoms with van der Waals surface area (Å²) in [5.74, 6) is -0.228. The number of hydrogen-bond acceptors (Lipinski definition) is 2. The fourth-order valence-electron chi connectivity index (χ4n) is 2.32. The van der Waals surface area contributed by atoms with Crippen LogP contribution in [0.4, 0.5) is 4.39 Å². The third kappa shape index (κ3) is 4.35. The first-order valence-corrected chi connectivity index (χ1v) is 8.00. The van der Waals surface area contributed by atoms with Gasteiger partial charge < -0.3 is 5.32 Å². The Bertz CT molecular complexity index is 601. The second-order valence-electron chi connectivity index (χ2n) is 5.14. The van der Waals surface area contributed by atoms with Gasteiger partial charge in [-0.25, -0.2) is 4.39 Å². The Morgan fingerprint density at radius 2 is 2.14 bits per heavy atom. The number of pyridine rings is 1. The van der Waals surface area contributed by atoms with Crippen molar-refractivity contribution in [1.82, 2.24) is 10.3 Å². The van der Waals surface area contributed by atoms with Crippen LogP contribution in [0.3, 0.4) is 0 Å². The van der Waals surface area contributed by atoms with Crippen molar-refractivity contribution < 1.29 is 4.39 Å². The zero-order valence-electron chi connectivity index (χ0n) is 12.4. The molecule has 1 heterocycles. The summed E-state index contributed by atoms with van der Waals surface area (Å²) in [4.78, 5) is 4.47. The molecule has 0 aliphatic heterocycles. The van der Waals surface area contributed by atoms with Gasteiger partial charge in [-0.3, -0.25) is 4.98 Å². The molecule has 1 unspecified atom stereocenters. The number of nitrogens with zero attached hydrogens (tertiary/aromatic N) is 1. The number of benzene rings is 1. The molecule has 1 aromatic heterocycles. The Labute approximate surface area is 133 Å². The van der Waals surface area contributed by atoms with Gasteiger partial charge in [-0.2, -0.15) is 0 Å². The molecular weight excluding hydrogens is 331 g/mol. The van der Waals surface area contributed by atoms with Crippen LogP contribution < -0.4 is 5.32 Å². The number of aromatic nitrogens is 1. The molecule has 21 heavy (non-hydrogen) atoms. The molecule has 2 aromatic rings. The van der Waals surface area contributed by atoms with E-state index in [2.05, 4.69) is 46.1 Å². The molecule has 2 nitrogen and oxygen atoms in total. The largest absolute Gasteiger partial charge is 0.310 e. The Morgan fingerprint density at radius 3 is 2.81 bits per heavy atom. The maximum Gasteiger partial charge on any atom is 0.124 e. The Morgan fingerprint density at radius 1 is 1.33 bits per heavy atom. The Hall–Kier alpha value is -1.26. The van der Waals surface area contributed by atoms with E-state index in [4.69, 9.17) is 0 Å². The second-order valence-corrected chi connectivity index (χ2v) is 6.00. The predicted octanol–water partition coefficient (Wildman–Crippen LogP) is 4.58. The minimum Gasteiger partial charge on any atom is -0.310 e. The van der Waals surface area contributed by atoms with E-state index in [9.17, 15) is 4.39 Å². The first-order valence-electron chi connectivity index (χ1n) is 7.20. The fraction of sp³-hybridized carbons (Fsp3) is 0.353. The minimum atomic E-state index is -0.228. The zero-order valence-corrected chi connectivity index (χ0v) is 14.0. The molecule has 0 aliphatic carbocycles. The highest BCUT2D eigenvalue weighted by Crippen LogP contribution is 2.27. The maximum absolute atomic E-state index is 13.3. The van der Waals surface area contributed by atoms with Crippen LogP contribution in [-0.2, 0) is 6.42 Å². The molecule has 4 heteroatoms. The lowest BCUT2D eigenvalue weighted by Gasteiger charge is -2.21. The minimum absolute atomic E-state index is 0.119. The monoisotopic (exact) mass is 350 g/mol. The van der Waals surface area contributed by atoms with E-state index in [0.29, 0.717) is 0 Å². The van der Waals surface area contributed by atoms with Gasteiger partial charge in [-0.1, -0.05) is 35.0 Å². The van der Waals surface area contributed by atoms with E-state index < -0.39 is 0 Å². The van der Waals surface area contributed by atoms with Gasteiger partial charge in [0.25, 0.3) is 0 Å². The first-order chi connectivity index (χ1) is 10.1. The molecule has 0 aliphatic rings. The molecule has 1 aromatic carbocycles. The Kier molecular flexibility index (Phi) is 5.88. The Balaban J connectivity index is 2.27. The SMILES string of the molecule is CCCNC(Cc1ncccc1C)c1ccc(F)cc1Br. The number of nitrogens with one attached hydrogen (secondary N) is 1. The van der Waals surface area contributed by atoms with Gasteiger partial charge in [0.05, 0.1) is 0 Å². The predicted molar refractivity (Wildman–Crippen MR) is 87.8 cm³/mol. The average Bonchev–Trinajstić information content (AvgIpc) is 2.46. The highest BCUT2D eigenvalue weighted by molar-refractivity contribution is 9.10. The zero-order chi connectivity index (χ0) is 15.2. The van der Waals surface area contributed by atoms with Crippen LogP contribution in [0.2, 0.25) is 0 Å². The molecule has 2 rings (SSSR count). The van der Waals surface area contributed by atoms with Gasteiger partial charge in [0, 0.05) is 28.8 Å².